The molecule has 1 aliphatic heterocycles. The summed E-state index contributed by atoms with van der Waals surface area (Å²) < 4.78 is 0. The predicted molar refractivity (Wildman–Crippen MR) is 117 cm³/mol. The first-order valence-electron chi connectivity index (χ1n) is 9.52. The molecular weight excluding hydrogens is 354 g/mol. The highest BCUT2D eigenvalue weighted by Crippen LogP contribution is 2.30. The topological polar surface area (TPSA) is 44.4 Å². The average Bonchev–Trinajstić information content (AvgIpc) is 3.03. The Balaban J connectivity index is 1.65. The van der Waals surface area contributed by atoms with Crippen molar-refractivity contribution >= 4 is 35.1 Å². The quantitative estimate of drug-likeness (QED) is 0.683. The molecule has 2 aromatic carbocycles. The Kier molecular flexibility index (Phi) is 6.45. The smallest absolute Gasteiger partial charge is 0.260 e. The van der Waals surface area contributed by atoms with E-state index in [4.69, 9.17) is 0 Å². The van der Waals surface area contributed by atoms with Crippen LogP contribution in [0, 0.1) is 0 Å². The molecule has 1 atom stereocenters. The Morgan fingerprint density at radius 3 is 2.30 bits per heavy atom. The fraction of sp³-hybridized carbons (Fsp3) is 0.318. The summed E-state index contributed by atoms with van der Waals surface area (Å²) in [5, 5.41) is 6.35. The molecule has 0 aliphatic carbocycles. The van der Waals surface area contributed by atoms with Gasteiger partial charge in [0.2, 0.25) is 0 Å². The number of thioether (sulfide) groups is 1. The summed E-state index contributed by atoms with van der Waals surface area (Å²) in [5.74, 6) is -0.0319. The van der Waals surface area contributed by atoms with Crippen LogP contribution < -0.4 is 15.5 Å². The van der Waals surface area contributed by atoms with Crippen molar-refractivity contribution in [3.63, 3.8) is 0 Å². The zero-order valence-electron chi connectivity index (χ0n) is 16.2. The van der Waals surface area contributed by atoms with Gasteiger partial charge in [-0.3, -0.25) is 4.79 Å². The normalized spacial score (nSPS) is 17.8. The highest BCUT2D eigenvalue weighted by Gasteiger charge is 2.27. The molecule has 1 aliphatic rings. The van der Waals surface area contributed by atoms with Gasteiger partial charge in [-0.05, 0) is 61.7 Å². The Morgan fingerprint density at radius 2 is 1.70 bits per heavy atom. The van der Waals surface area contributed by atoms with Gasteiger partial charge in [0, 0.05) is 24.5 Å². The van der Waals surface area contributed by atoms with Crippen LogP contribution in [0.5, 0.6) is 0 Å². The summed E-state index contributed by atoms with van der Waals surface area (Å²) in [6.45, 7) is 8.42. The minimum Gasteiger partial charge on any atom is -0.372 e. The van der Waals surface area contributed by atoms with Crippen LogP contribution in [-0.4, -0.2) is 24.5 Å². The third-order valence-corrected chi connectivity index (χ3v) is 5.74. The van der Waals surface area contributed by atoms with Gasteiger partial charge in [-0.1, -0.05) is 43.0 Å². The SMILES string of the molecule is CCc1ccc(N[C@H]2NC(=O)/C(=C/c3ccc(N(CC)CC)cc3)S2)cc1. The maximum atomic E-state index is 12.3. The molecule has 27 heavy (non-hydrogen) atoms. The lowest BCUT2D eigenvalue weighted by molar-refractivity contribution is -0.116. The molecule has 142 valence electrons. The number of aryl methyl sites for hydroxylation is 1. The molecule has 0 unspecified atom stereocenters. The molecule has 0 aromatic heterocycles. The molecule has 2 N–H and O–H groups in total. The van der Waals surface area contributed by atoms with Gasteiger partial charge in [-0.15, -0.1) is 0 Å². The molecule has 0 saturated carbocycles. The van der Waals surface area contributed by atoms with E-state index in [1.165, 1.54) is 23.0 Å². The van der Waals surface area contributed by atoms with Crippen LogP contribution in [0.3, 0.4) is 0 Å². The van der Waals surface area contributed by atoms with Crippen LogP contribution in [0.1, 0.15) is 31.9 Å². The van der Waals surface area contributed by atoms with E-state index < -0.39 is 0 Å². The van der Waals surface area contributed by atoms with E-state index in [-0.39, 0.29) is 11.4 Å². The second-order valence-electron chi connectivity index (χ2n) is 6.44. The number of amides is 1. The summed E-state index contributed by atoms with van der Waals surface area (Å²) in [5.41, 5.74) is 4.41. The molecule has 4 nitrogen and oxygen atoms in total. The minimum atomic E-state index is -0.147. The number of hydrogen-bond donors (Lipinski definition) is 2. The van der Waals surface area contributed by atoms with Crippen LogP contribution in [0.2, 0.25) is 0 Å². The largest absolute Gasteiger partial charge is 0.372 e. The van der Waals surface area contributed by atoms with Gasteiger partial charge < -0.3 is 15.5 Å². The molecule has 0 spiro atoms. The van der Waals surface area contributed by atoms with Crippen molar-refractivity contribution in [3.05, 3.63) is 64.6 Å². The number of carbonyl (C=O) groups is 1. The van der Waals surface area contributed by atoms with Gasteiger partial charge in [0.1, 0.15) is 0 Å². The molecule has 1 amide bonds. The zero-order valence-corrected chi connectivity index (χ0v) is 17.0. The average molecular weight is 382 g/mol. The molecule has 1 fully saturated rings. The summed E-state index contributed by atoms with van der Waals surface area (Å²) in [7, 11) is 0. The first kappa shape index (κ1) is 19.4. The van der Waals surface area contributed by atoms with E-state index in [9.17, 15) is 4.79 Å². The van der Waals surface area contributed by atoms with E-state index in [0.717, 1.165) is 35.7 Å². The molecule has 2 aromatic rings. The van der Waals surface area contributed by atoms with Crippen molar-refractivity contribution in [1.29, 1.82) is 0 Å². The lowest BCUT2D eigenvalue weighted by atomic mass is 10.1. The molecule has 1 heterocycles. The third kappa shape index (κ3) is 4.86. The lowest BCUT2D eigenvalue weighted by Gasteiger charge is -2.20. The van der Waals surface area contributed by atoms with Gasteiger partial charge >= 0.3 is 0 Å². The molecule has 0 bridgehead atoms. The van der Waals surface area contributed by atoms with Crippen LogP contribution in [0.4, 0.5) is 11.4 Å². The highest BCUT2D eigenvalue weighted by molar-refractivity contribution is 8.05. The third-order valence-electron chi connectivity index (χ3n) is 4.71. The van der Waals surface area contributed by atoms with Crippen molar-refractivity contribution in [1.82, 2.24) is 5.32 Å². The predicted octanol–water partition coefficient (Wildman–Crippen LogP) is 4.69. The number of nitrogens with one attached hydrogen (secondary N) is 2. The minimum absolute atomic E-state index is 0.0319. The van der Waals surface area contributed by atoms with Crippen molar-refractivity contribution in [2.24, 2.45) is 0 Å². The monoisotopic (exact) mass is 381 g/mol. The van der Waals surface area contributed by atoms with E-state index in [0.29, 0.717) is 0 Å². The molecular formula is C22H27N3OS. The van der Waals surface area contributed by atoms with Crippen LogP contribution in [0.15, 0.2) is 53.4 Å². The maximum Gasteiger partial charge on any atom is 0.260 e. The standard InChI is InChI=1S/C22H27N3OS/c1-4-16-7-11-18(12-8-16)23-22-24-21(26)20(27-22)15-17-9-13-19(14-10-17)25(5-2)6-3/h7-15,22-23H,4-6H2,1-3H3,(H,24,26)/b20-15-/t22-/m0/s1. The summed E-state index contributed by atoms with van der Waals surface area (Å²) >= 11 is 1.52. The van der Waals surface area contributed by atoms with Gasteiger partial charge in [0.25, 0.3) is 5.91 Å². The Labute approximate surface area is 166 Å². The fourth-order valence-corrected chi connectivity index (χ4v) is 4.06. The lowest BCUT2D eigenvalue weighted by Crippen LogP contribution is -2.30. The summed E-state index contributed by atoms with van der Waals surface area (Å²) in [6, 6.07) is 16.7. The van der Waals surface area contributed by atoms with Crippen molar-refractivity contribution in [2.75, 3.05) is 23.3 Å². The van der Waals surface area contributed by atoms with Crippen molar-refractivity contribution in [3.8, 4) is 0 Å². The number of anilines is 2. The zero-order chi connectivity index (χ0) is 19.2. The van der Waals surface area contributed by atoms with E-state index in [1.807, 2.05) is 6.08 Å². The number of rotatable bonds is 7. The molecule has 3 rings (SSSR count). The van der Waals surface area contributed by atoms with Gasteiger partial charge in [-0.2, -0.15) is 0 Å². The Morgan fingerprint density at radius 1 is 1.04 bits per heavy atom. The van der Waals surface area contributed by atoms with E-state index >= 15 is 0 Å². The van der Waals surface area contributed by atoms with Gasteiger partial charge in [0.05, 0.1) is 4.91 Å². The first-order valence-corrected chi connectivity index (χ1v) is 10.4. The van der Waals surface area contributed by atoms with Crippen molar-refractivity contribution in [2.45, 2.75) is 32.7 Å². The second-order valence-corrected chi connectivity index (χ2v) is 7.59. The summed E-state index contributed by atoms with van der Waals surface area (Å²) in [6.07, 6.45) is 2.98. The first-order chi connectivity index (χ1) is 13.1. The fourth-order valence-electron chi connectivity index (χ4n) is 3.07. The van der Waals surface area contributed by atoms with Gasteiger partial charge in [0.15, 0.2) is 5.50 Å². The van der Waals surface area contributed by atoms with Gasteiger partial charge in [-0.25, -0.2) is 0 Å². The number of hydrogen-bond acceptors (Lipinski definition) is 4. The highest BCUT2D eigenvalue weighted by atomic mass is 32.2. The number of nitrogens with zero attached hydrogens (tertiary/aromatic N) is 1. The van der Waals surface area contributed by atoms with Crippen molar-refractivity contribution < 1.29 is 4.79 Å². The van der Waals surface area contributed by atoms with Crippen LogP contribution in [0.25, 0.3) is 6.08 Å². The van der Waals surface area contributed by atoms with E-state index in [2.05, 4.69) is 84.8 Å². The Bertz CT molecular complexity index is 795. The number of carbonyl (C=O) groups excluding carboxylic acids is 1. The Hall–Kier alpha value is -2.40. The maximum absolute atomic E-state index is 12.3. The summed E-state index contributed by atoms with van der Waals surface area (Å²) in [4.78, 5) is 15.3. The van der Waals surface area contributed by atoms with Crippen LogP contribution in [-0.2, 0) is 11.2 Å². The molecule has 0 radical (unpaired) electrons. The molecule has 5 heteroatoms. The van der Waals surface area contributed by atoms with E-state index in [1.54, 1.807) is 0 Å². The van der Waals surface area contributed by atoms with Crippen LogP contribution >= 0.6 is 11.8 Å². The molecule has 1 saturated heterocycles. The number of benzene rings is 2. The second kappa shape index (κ2) is 9.00.